The molecule has 0 aliphatic heterocycles. The zero-order valence-corrected chi connectivity index (χ0v) is 20.0. The van der Waals surface area contributed by atoms with Crippen LogP contribution in [0.5, 0.6) is 5.75 Å². The minimum atomic E-state index is -0.912. The summed E-state index contributed by atoms with van der Waals surface area (Å²) in [6, 6.07) is 17.3. The maximum absolute atomic E-state index is 11.2. The van der Waals surface area contributed by atoms with Crippen molar-refractivity contribution in [1.82, 2.24) is 0 Å². The summed E-state index contributed by atoms with van der Waals surface area (Å²) in [5.74, 6) is 2.84. The number of furan rings is 1. The first kappa shape index (κ1) is 23.3. The van der Waals surface area contributed by atoms with Gasteiger partial charge in [0.25, 0.3) is 0 Å². The molecular weight excluding hydrogens is 434 g/mol. The Morgan fingerprint density at radius 2 is 1.82 bits per heavy atom. The Balaban J connectivity index is 1.60. The monoisotopic (exact) mass is 465 g/mol. The van der Waals surface area contributed by atoms with Crippen LogP contribution in [0.3, 0.4) is 0 Å². The van der Waals surface area contributed by atoms with Crippen LogP contribution in [0.2, 0.25) is 0 Å². The number of carboxylic acid groups (broad SMARTS) is 1. The van der Waals surface area contributed by atoms with Gasteiger partial charge in [-0.25, -0.2) is 4.79 Å². The number of anilines is 1. The molecule has 0 radical (unpaired) electrons. The molecule has 3 aromatic rings. The number of carboxylic acids is 1. The summed E-state index contributed by atoms with van der Waals surface area (Å²) < 4.78 is 11.9. The Morgan fingerprint density at radius 1 is 1.12 bits per heavy atom. The van der Waals surface area contributed by atoms with Crippen molar-refractivity contribution in [2.24, 2.45) is 5.92 Å². The van der Waals surface area contributed by atoms with Crippen molar-refractivity contribution in [2.75, 3.05) is 17.5 Å². The molecule has 1 aliphatic rings. The molecule has 174 valence electrons. The lowest BCUT2D eigenvalue weighted by Crippen LogP contribution is -2.23. The van der Waals surface area contributed by atoms with Crippen LogP contribution in [-0.4, -0.2) is 23.3 Å². The predicted octanol–water partition coefficient (Wildman–Crippen LogP) is 7.39. The number of hydrogen-bond acceptors (Lipinski definition) is 5. The first-order chi connectivity index (χ1) is 16.0. The summed E-state index contributed by atoms with van der Waals surface area (Å²) in [4.78, 5) is 11.2. The van der Waals surface area contributed by atoms with Crippen molar-refractivity contribution in [2.45, 2.75) is 45.1 Å². The largest absolute Gasteiger partial charge is 0.483 e. The Hall–Kier alpha value is -2.86. The lowest BCUT2D eigenvalue weighted by Gasteiger charge is -2.31. The van der Waals surface area contributed by atoms with Crippen molar-refractivity contribution in [1.29, 1.82) is 0 Å². The summed E-state index contributed by atoms with van der Waals surface area (Å²) in [7, 11) is 0. The van der Waals surface area contributed by atoms with Crippen LogP contribution in [0.25, 0.3) is 11.3 Å². The molecule has 1 fully saturated rings. The van der Waals surface area contributed by atoms with E-state index in [9.17, 15) is 9.90 Å². The SMILES string of the molecule is CSCOc1ccc(-c2cc(C(Nc3ccc(C(=O)O)cc3)C3CCCCC3)c(C)o2)cc1. The average Bonchev–Trinajstić information content (AvgIpc) is 3.23. The smallest absolute Gasteiger partial charge is 0.335 e. The number of benzene rings is 2. The van der Waals surface area contributed by atoms with E-state index in [-0.39, 0.29) is 6.04 Å². The molecule has 2 aromatic carbocycles. The maximum Gasteiger partial charge on any atom is 0.335 e. The highest BCUT2D eigenvalue weighted by Crippen LogP contribution is 2.40. The van der Waals surface area contributed by atoms with Crippen LogP contribution in [0.4, 0.5) is 5.69 Å². The van der Waals surface area contributed by atoms with Crippen molar-refractivity contribution < 1.29 is 19.1 Å². The molecule has 0 spiro atoms. The van der Waals surface area contributed by atoms with Gasteiger partial charge in [-0.15, -0.1) is 11.8 Å². The van der Waals surface area contributed by atoms with E-state index >= 15 is 0 Å². The average molecular weight is 466 g/mol. The standard InChI is InChI=1S/C27H31NO4S/c1-18-24(16-25(32-18)19-10-14-23(15-11-19)31-17-33-2)26(20-6-4-3-5-7-20)28-22-12-8-21(9-13-22)27(29)30/h8-16,20,26,28H,3-7,17H2,1-2H3,(H,29,30). The van der Waals surface area contributed by atoms with E-state index in [1.54, 1.807) is 23.9 Å². The number of hydrogen-bond donors (Lipinski definition) is 2. The molecule has 6 heteroatoms. The first-order valence-electron chi connectivity index (χ1n) is 11.5. The molecular formula is C27H31NO4S. The van der Waals surface area contributed by atoms with E-state index in [0.29, 0.717) is 17.4 Å². The minimum absolute atomic E-state index is 0.114. The number of thioether (sulfide) groups is 1. The zero-order chi connectivity index (χ0) is 23.2. The van der Waals surface area contributed by atoms with E-state index in [2.05, 4.69) is 11.4 Å². The van der Waals surface area contributed by atoms with Gasteiger partial charge in [0.2, 0.25) is 0 Å². The van der Waals surface area contributed by atoms with Gasteiger partial charge in [-0.05, 0) is 86.5 Å². The Kier molecular flexibility index (Phi) is 7.65. The molecule has 33 heavy (non-hydrogen) atoms. The van der Waals surface area contributed by atoms with Gasteiger partial charge in [-0.2, -0.15) is 0 Å². The molecule has 4 rings (SSSR count). The van der Waals surface area contributed by atoms with E-state index < -0.39 is 5.97 Å². The summed E-state index contributed by atoms with van der Waals surface area (Å²) in [6.45, 7) is 2.03. The van der Waals surface area contributed by atoms with Gasteiger partial charge in [0.15, 0.2) is 0 Å². The third-order valence-corrected chi connectivity index (χ3v) is 6.70. The number of carbonyl (C=O) groups is 1. The Morgan fingerprint density at radius 3 is 2.45 bits per heavy atom. The highest BCUT2D eigenvalue weighted by molar-refractivity contribution is 7.98. The molecule has 0 bridgehead atoms. The summed E-state index contributed by atoms with van der Waals surface area (Å²) in [5, 5.41) is 12.9. The summed E-state index contributed by atoms with van der Waals surface area (Å²) >= 11 is 1.64. The number of aromatic carboxylic acids is 1. The maximum atomic E-state index is 11.2. The Bertz CT molecular complexity index is 1050. The fourth-order valence-electron chi connectivity index (χ4n) is 4.60. The quantitative estimate of drug-likeness (QED) is 0.321. The van der Waals surface area contributed by atoms with Crippen molar-refractivity contribution >= 4 is 23.4 Å². The number of nitrogens with one attached hydrogen (secondary N) is 1. The van der Waals surface area contributed by atoms with Gasteiger partial charge in [0, 0.05) is 16.8 Å². The van der Waals surface area contributed by atoms with Crippen LogP contribution in [-0.2, 0) is 0 Å². The molecule has 1 saturated carbocycles. The third-order valence-electron chi connectivity index (χ3n) is 6.35. The summed E-state index contributed by atoms with van der Waals surface area (Å²) in [6.07, 6.45) is 8.12. The van der Waals surface area contributed by atoms with Crippen LogP contribution in [0.15, 0.2) is 59.0 Å². The highest BCUT2D eigenvalue weighted by atomic mass is 32.2. The van der Waals surface area contributed by atoms with Crippen LogP contribution in [0.1, 0.15) is 59.8 Å². The fourth-order valence-corrected chi connectivity index (χ4v) is 4.85. The first-order valence-corrected chi connectivity index (χ1v) is 12.9. The molecule has 1 aliphatic carbocycles. The van der Waals surface area contributed by atoms with E-state index in [1.165, 1.54) is 37.7 Å². The van der Waals surface area contributed by atoms with Crippen LogP contribution >= 0.6 is 11.8 Å². The van der Waals surface area contributed by atoms with E-state index in [4.69, 9.17) is 9.15 Å². The van der Waals surface area contributed by atoms with Gasteiger partial charge < -0.3 is 19.6 Å². The number of rotatable bonds is 9. The van der Waals surface area contributed by atoms with Crippen molar-refractivity contribution in [3.63, 3.8) is 0 Å². The second-order valence-corrected chi connectivity index (χ2v) is 9.41. The molecule has 2 N–H and O–H groups in total. The van der Waals surface area contributed by atoms with Gasteiger partial charge in [-0.3, -0.25) is 0 Å². The molecule has 1 aromatic heterocycles. The predicted molar refractivity (Wildman–Crippen MR) is 134 cm³/mol. The molecule has 1 unspecified atom stereocenters. The minimum Gasteiger partial charge on any atom is -0.483 e. The lowest BCUT2D eigenvalue weighted by molar-refractivity contribution is 0.0697. The summed E-state index contributed by atoms with van der Waals surface area (Å²) in [5.41, 5.74) is 3.41. The van der Waals surface area contributed by atoms with E-state index in [1.807, 2.05) is 49.6 Å². The lowest BCUT2D eigenvalue weighted by atomic mass is 9.81. The molecule has 0 amide bonds. The highest BCUT2D eigenvalue weighted by Gasteiger charge is 2.28. The normalized spacial score (nSPS) is 15.2. The molecule has 1 heterocycles. The van der Waals surface area contributed by atoms with Gasteiger partial charge in [0.1, 0.15) is 23.2 Å². The zero-order valence-electron chi connectivity index (χ0n) is 19.2. The molecule has 1 atom stereocenters. The second-order valence-electron chi connectivity index (χ2n) is 8.60. The van der Waals surface area contributed by atoms with Crippen molar-refractivity contribution in [3.8, 4) is 17.1 Å². The third kappa shape index (κ3) is 5.74. The van der Waals surface area contributed by atoms with Gasteiger partial charge in [-0.1, -0.05) is 19.3 Å². The number of ether oxygens (including phenoxy) is 1. The van der Waals surface area contributed by atoms with Crippen LogP contribution in [0, 0.1) is 12.8 Å². The number of aryl methyl sites for hydroxylation is 1. The molecule has 0 saturated heterocycles. The van der Waals surface area contributed by atoms with Gasteiger partial charge >= 0.3 is 5.97 Å². The van der Waals surface area contributed by atoms with E-state index in [0.717, 1.165) is 28.5 Å². The second kappa shape index (κ2) is 10.8. The fraction of sp³-hybridized carbons (Fsp3) is 0.370. The van der Waals surface area contributed by atoms with Crippen molar-refractivity contribution in [3.05, 3.63) is 71.5 Å². The topological polar surface area (TPSA) is 71.7 Å². The van der Waals surface area contributed by atoms with Gasteiger partial charge in [0.05, 0.1) is 11.6 Å². The Labute approximate surface area is 199 Å². The molecule has 5 nitrogen and oxygen atoms in total. The van der Waals surface area contributed by atoms with Crippen LogP contribution < -0.4 is 10.1 Å².